The molecule has 1 amide bonds. The summed E-state index contributed by atoms with van der Waals surface area (Å²) in [5.74, 6) is -0.507. The van der Waals surface area contributed by atoms with Gasteiger partial charge in [0.05, 0.1) is 0 Å². The molecule has 20 heavy (non-hydrogen) atoms. The number of carboxylic acids is 1. The number of carbonyl (C=O) groups is 2. The van der Waals surface area contributed by atoms with Gasteiger partial charge < -0.3 is 14.7 Å². The number of carboxylic acid groups (broad SMARTS) is 1. The molecule has 1 aliphatic heterocycles. The Bertz CT molecular complexity index is 506. The lowest BCUT2D eigenvalue weighted by molar-refractivity contribution is -0.149. The number of hydrogen-bond acceptors (Lipinski definition) is 3. The minimum atomic E-state index is -0.942. The van der Waals surface area contributed by atoms with Gasteiger partial charge in [-0.05, 0) is 37.8 Å². The number of ether oxygens (including phenoxy) is 1. The highest BCUT2D eigenvalue weighted by Crippen LogP contribution is 2.23. The van der Waals surface area contributed by atoms with Crippen molar-refractivity contribution < 1.29 is 19.4 Å². The molecule has 5 nitrogen and oxygen atoms in total. The van der Waals surface area contributed by atoms with E-state index in [-0.39, 0.29) is 12.5 Å². The summed E-state index contributed by atoms with van der Waals surface area (Å²) in [6, 6.07) is 5.06. The van der Waals surface area contributed by atoms with Gasteiger partial charge in [-0.15, -0.1) is 0 Å². The first-order valence-electron chi connectivity index (χ1n) is 6.72. The fraction of sp³-hybridized carbons (Fsp3) is 0.467. The van der Waals surface area contributed by atoms with Gasteiger partial charge in [0.2, 0.25) is 0 Å². The number of para-hydroxylation sites is 1. The van der Waals surface area contributed by atoms with Gasteiger partial charge >= 0.3 is 5.97 Å². The molecular formula is C15H19NO4. The van der Waals surface area contributed by atoms with Crippen LogP contribution in [0.3, 0.4) is 0 Å². The summed E-state index contributed by atoms with van der Waals surface area (Å²) in [5, 5.41) is 9.07. The van der Waals surface area contributed by atoms with Gasteiger partial charge in [-0.25, -0.2) is 4.79 Å². The molecule has 1 aromatic rings. The Morgan fingerprint density at radius 3 is 2.60 bits per heavy atom. The number of aliphatic carboxylic acids is 1. The van der Waals surface area contributed by atoms with Crippen LogP contribution < -0.4 is 4.74 Å². The SMILES string of the molecule is Cc1cccc(C)c1OCC(=O)N1CCCC1C(=O)O. The molecule has 108 valence electrons. The first-order chi connectivity index (χ1) is 9.50. The fourth-order valence-corrected chi connectivity index (χ4v) is 2.57. The monoisotopic (exact) mass is 277 g/mol. The molecule has 2 rings (SSSR count). The molecule has 1 aromatic carbocycles. The number of aryl methyl sites for hydroxylation is 2. The normalized spacial score (nSPS) is 18.1. The zero-order chi connectivity index (χ0) is 14.7. The maximum absolute atomic E-state index is 12.1. The third kappa shape index (κ3) is 2.92. The second-order valence-electron chi connectivity index (χ2n) is 5.09. The maximum Gasteiger partial charge on any atom is 0.326 e. The minimum Gasteiger partial charge on any atom is -0.483 e. The summed E-state index contributed by atoms with van der Waals surface area (Å²) in [6.45, 7) is 4.22. The summed E-state index contributed by atoms with van der Waals surface area (Å²) in [7, 11) is 0. The van der Waals surface area contributed by atoms with E-state index in [1.165, 1.54) is 4.90 Å². The lowest BCUT2D eigenvalue weighted by Crippen LogP contribution is -2.42. The Hall–Kier alpha value is -2.04. The summed E-state index contributed by atoms with van der Waals surface area (Å²) in [4.78, 5) is 24.6. The number of amides is 1. The topological polar surface area (TPSA) is 66.8 Å². The van der Waals surface area contributed by atoms with Crippen molar-refractivity contribution in [2.45, 2.75) is 32.7 Å². The Morgan fingerprint density at radius 1 is 1.35 bits per heavy atom. The summed E-state index contributed by atoms with van der Waals surface area (Å²) < 4.78 is 5.59. The zero-order valence-electron chi connectivity index (χ0n) is 11.8. The van der Waals surface area contributed by atoms with E-state index in [1.807, 2.05) is 32.0 Å². The molecule has 0 aliphatic carbocycles. The first kappa shape index (κ1) is 14.4. The highest BCUT2D eigenvalue weighted by Gasteiger charge is 2.34. The number of hydrogen-bond donors (Lipinski definition) is 1. The van der Waals surface area contributed by atoms with Crippen molar-refractivity contribution in [3.8, 4) is 5.75 Å². The Kier molecular flexibility index (Phi) is 4.27. The van der Waals surface area contributed by atoms with E-state index < -0.39 is 12.0 Å². The Balaban J connectivity index is 2.00. The lowest BCUT2D eigenvalue weighted by Gasteiger charge is -2.22. The van der Waals surface area contributed by atoms with Crippen LogP contribution in [-0.2, 0) is 9.59 Å². The highest BCUT2D eigenvalue weighted by molar-refractivity contribution is 5.85. The third-order valence-corrected chi connectivity index (χ3v) is 3.61. The fourth-order valence-electron chi connectivity index (χ4n) is 2.57. The molecule has 1 N–H and O–H groups in total. The van der Waals surface area contributed by atoms with E-state index in [0.717, 1.165) is 17.5 Å². The number of benzene rings is 1. The van der Waals surface area contributed by atoms with Gasteiger partial charge in [0.1, 0.15) is 11.8 Å². The van der Waals surface area contributed by atoms with Crippen LogP contribution in [0.15, 0.2) is 18.2 Å². The van der Waals surface area contributed by atoms with Crippen molar-refractivity contribution in [2.24, 2.45) is 0 Å². The van der Waals surface area contributed by atoms with Gasteiger partial charge in [-0.2, -0.15) is 0 Å². The number of carbonyl (C=O) groups excluding carboxylic acids is 1. The molecule has 1 saturated heterocycles. The van der Waals surface area contributed by atoms with Crippen LogP contribution in [0.5, 0.6) is 5.75 Å². The predicted octanol–water partition coefficient (Wildman–Crippen LogP) is 1.76. The largest absolute Gasteiger partial charge is 0.483 e. The number of likely N-dealkylation sites (tertiary alicyclic amines) is 1. The van der Waals surface area contributed by atoms with Crippen LogP contribution in [-0.4, -0.2) is 41.1 Å². The molecule has 1 atom stereocenters. The second kappa shape index (κ2) is 5.94. The van der Waals surface area contributed by atoms with E-state index in [0.29, 0.717) is 18.7 Å². The van der Waals surface area contributed by atoms with E-state index >= 15 is 0 Å². The minimum absolute atomic E-state index is 0.116. The maximum atomic E-state index is 12.1. The molecule has 1 unspecified atom stereocenters. The van der Waals surface area contributed by atoms with Gasteiger partial charge in [0.25, 0.3) is 5.91 Å². The van der Waals surface area contributed by atoms with Gasteiger partial charge in [-0.1, -0.05) is 18.2 Å². The molecule has 1 aliphatic rings. The smallest absolute Gasteiger partial charge is 0.326 e. The molecule has 0 spiro atoms. The van der Waals surface area contributed by atoms with Crippen molar-refractivity contribution in [2.75, 3.05) is 13.2 Å². The quantitative estimate of drug-likeness (QED) is 0.910. The average molecular weight is 277 g/mol. The second-order valence-corrected chi connectivity index (χ2v) is 5.09. The van der Waals surface area contributed by atoms with Gasteiger partial charge in [0, 0.05) is 6.54 Å². The summed E-state index contributed by atoms with van der Waals surface area (Å²) >= 11 is 0. The van der Waals surface area contributed by atoms with Gasteiger partial charge in [-0.3, -0.25) is 4.79 Å². The molecule has 0 saturated carbocycles. The van der Waals surface area contributed by atoms with Crippen LogP contribution in [0.2, 0.25) is 0 Å². The van der Waals surface area contributed by atoms with Crippen LogP contribution in [0, 0.1) is 13.8 Å². The van der Waals surface area contributed by atoms with Crippen molar-refractivity contribution in [3.05, 3.63) is 29.3 Å². The standard InChI is InChI=1S/C15H19NO4/c1-10-5-3-6-11(2)14(10)20-9-13(17)16-8-4-7-12(16)15(18)19/h3,5-6,12H,4,7-9H2,1-2H3,(H,18,19). The molecule has 1 fully saturated rings. The molecule has 0 bridgehead atoms. The van der Waals surface area contributed by atoms with E-state index in [2.05, 4.69) is 0 Å². The Morgan fingerprint density at radius 2 is 2.00 bits per heavy atom. The first-order valence-corrected chi connectivity index (χ1v) is 6.72. The van der Waals surface area contributed by atoms with Crippen LogP contribution in [0.25, 0.3) is 0 Å². The van der Waals surface area contributed by atoms with Crippen LogP contribution in [0.1, 0.15) is 24.0 Å². The molecular weight excluding hydrogens is 258 g/mol. The zero-order valence-corrected chi connectivity index (χ0v) is 11.8. The highest BCUT2D eigenvalue weighted by atomic mass is 16.5. The van der Waals surface area contributed by atoms with Crippen molar-refractivity contribution in [1.29, 1.82) is 0 Å². The lowest BCUT2D eigenvalue weighted by atomic mass is 10.1. The summed E-state index contributed by atoms with van der Waals surface area (Å²) in [5.41, 5.74) is 1.93. The predicted molar refractivity (Wildman–Crippen MR) is 73.8 cm³/mol. The van der Waals surface area contributed by atoms with Crippen molar-refractivity contribution in [3.63, 3.8) is 0 Å². The Labute approximate surface area is 118 Å². The van der Waals surface area contributed by atoms with Crippen LogP contribution in [0.4, 0.5) is 0 Å². The van der Waals surface area contributed by atoms with E-state index in [4.69, 9.17) is 9.84 Å². The van der Waals surface area contributed by atoms with Gasteiger partial charge in [0.15, 0.2) is 6.61 Å². The molecule has 1 heterocycles. The number of rotatable bonds is 4. The third-order valence-electron chi connectivity index (χ3n) is 3.61. The molecule has 5 heteroatoms. The molecule has 0 aromatic heterocycles. The molecule has 0 radical (unpaired) electrons. The van der Waals surface area contributed by atoms with E-state index in [1.54, 1.807) is 0 Å². The summed E-state index contributed by atoms with van der Waals surface area (Å²) in [6.07, 6.45) is 1.25. The van der Waals surface area contributed by atoms with Crippen molar-refractivity contribution >= 4 is 11.9 Å². The van der Waals surface area contributed by atoms with Crippen LogP contribution >= 0.6 is 0 Å². The number of nitrogens with zero attached hydrogens (tertiary/aromatic N) is 1. The average Bonchev–Trinajstić information content (AvgIpc) is 2.87. The van der Waals surface area contributed by atoms with Crippen molar-refractivity contribution in [1.82, 2.24) is 4.90 Å². The van der Waals surface area contributed by atoms with E-state index in [9.17, 15) is 9.59 Å².